The highest BCUT2D eigenvalue weighted by atomic mass is 35.5. The van der Waals surface area contributed by atoms with Gasteiger partial charge >= 0.3 is 0 Å². The molecule has 1 aromatic heterocycles. The maximum absolute atomic E-state index is 13.4. The molecule has 1 unspecified atom stereocenters. The predicted molar refractivity (Wildman–Crippen MR) is 125 cm³/mol. The van der Waals surface area contributed by atoms with Gasteiger partial charge in [0.25, 0.3) is 0 Å². The van der Waals surface area contributed by atoms with Crippen molar-refractivity contribution in [3.8, 4) is 22.9 Å². The number of carbonyl (C=O) groups is 1. The van der Waals surface area contributed by atoms with E-state index in [1.165, 1.54) is 11.8 Å². The van der Waals surface area contributed by atoms with Crippen molar-refractivity contribution in [2.75, 3.05) is 17.8 Å². The monoisotopic (exact) mass is 470 g/mol. The Morgan fingerprint density at radius 1 is 1.22 bits per heavy atom. The number of thioether (sulfide) groups is 1. The number of hydrogen-bond acceptors (Lipinski definition) is 7. The van der Waals surface area contributed by atoms with E-state index in [1.54, 1.807) is 17.0 Å². The highest BCUT2D eigenvalue weighted by Crippen LogP contribution is 2.46. The van der Waals surface area contributed by atoms with Crippen LogP contribution in [0.25, 0.3) is 11.3 Å². The first-order valence-corrected chi connectivity index (χ1v) is 12.0. The van der Waals surface area contributed by atoms with Crippen molar-refractivity contribution in [1.82, 2.24) is 15.2 Å². The summed E-state index contributed by atoms with van der Waals surface area (Å²) in [5, 5.41) is 9.54. The number of hydrogen-bond donors (Lipinski definition) is 0. The average molecular weight is 471 g/mol. The van der Waals surface area contributed by atoms with Gasteiger partial charge in [0.2, 0.25) is 23.2 Å². The van der Waals surface area contributed by atoms with Crippen molar-refractivity contribution in [1.29, 1.82) is 0 Å². The van der Waals surface area contributed by atoms with Crippen LogP contribution in [0.3, 0.4) is 0 Å². The number of amides is 1. The van der Waals surface area contributed by atoms with Crippen LogP contribution >= 0.6 is 23.4 Å². The molecule has 0 bridgehead atoms. The minimum absolute atomic E-state index is 0.0850. The lowest BCUT2D eigenvalue weighted by Crippen LogP contribution is -2.37. The molecule has 0 aliphatic carbocycles. The number of fused-ring (bicyclic) bond motifs is 3. The highest BCUT2D eigenvalue weighted by molar-refractivity contribution is 7.98. The van der Waals surface area contributed by atoms with Crippen LogP contribution in [0.1, 0.15) is 38.5 Å². The van der Waals surface area contributed by atoms with Gasteiger partial charge in [0, 0.05) is 17.0 Å². The summed E-state index contributed by atoms with van der Waals surface area (Å²) in [4.78, 5) is 19.6. The minimum atomic E-state index is -0.801. The minimum Gasteiger partial charge on any atom is -0.493 e. The molecule has 4 rings (SSSR count). The molecule has 0 saturated heterocycles. The largest absolute Gasteiger partial charge is 0.493 e. The molecule has 0 spiro atoms. The van der Waals surface area contributed by atoms with E-state index in [0.29, 0.717) is 52.3 Å². The molecular formula is C23H23ClN4O3S. The second kappa shape index (κ2) is 9.75. The lowest BCUT2D eigenvalue weighted by molar-refractivity contribution is -0.120. The molecule has 2 aromatic carbocycles. The van der Waals surface area contributed by atoms with Crippen molar-refractivity contribution in [3.05, 3.63) is 53.1 Å². The van der Waals surface area contributed by atoms with Gasteiger partial charge in [0.05, 0.1) is 17.9 Å². The molecule has 7 nitrogen and oxygen atoms in total. The van der Waals surface area contributed by atoms with Gasteiger partial charge in [-0.1, -0.05) is 42.4 Å². The Balaban J connectivity index is 1.99. The smallest absolute Gasteiger partial charge is 0.247 e. The summed E-state index contributed by atoms with van der Waals surface area (Å²) >= 11 is 7.69. The lowest BCUT2D eigenvalue weighted by atomic mass is 10.1. The first-order chi connectivity index (χ1) is 15.6. The summed E-state index contributed by atoms with van der Waals surface area (Å²) in [6.07, 6.45) is 2.11. The molecule has 0 saturated carbocycles. The fourth-order valence-corrected chi connectivity index (χ4v) is 4.07. The second-order valence-electron chi connectivity index (χ2n) is 7.07. The standard InChI is InChI=1S/C23H23ClN4O3S/c1-4-8-19(29)28-17-12-11-14(24)13-16(17)20-21(25-23(32-3)27-26-20)31-22(28)15-9-6-7-10-18(15)30-5-2/h6-7,9-13,22H,4-5,8H2,1-3H3. The Labute approximate surface area is 196 Å². The Kier molecular flexibility index (Phi) is 6.81. The number of carbonyl (C=O) groups excluding carboxylic acids is 1. The first kappa shape index (κ1) is 22.4. The zero-order valence-corrected chi connectivity index (χ0v) is 19.6. The van der Waals surface area contributed by atoms with Crippen LogP contribution in [0.4, 0.5) is 5.69 Å². The third kappa shape index (κ3) is 4.25. The van der Waals surface area contributed by atoms with Gasteiger partial charge in [-0.05, 0) is 49.9 Å². The summed E-state index contributed by atoms with van der Waals surface area (Å²) in [5.74, 6) is 0.842. The Morgan fingerprint density at radius 3 is 2.78 bits per heavy atom. The van der Waals surface area contributed by atoms with Gasteiger partial charge in [-0.25, -0.2) is 0 Å². The van der Waals surface area contributed by atoms with Crippen molar-refractivity contribution in [3.63, 3.8) is 0 Å². The molecule has 0 radical (unpaired) electrons. The number of nitrogens with zero attached hydrogens (tertiary/aromatic N) is 4. The van der Waals surface area contributed by atoms with Crippen LogP contribution in [0, 0.1) is 0 Å². The van der Waals surface area contributed by atoms with Crippen molar-refractivity contribution in [2.45, 2.75) is 38.1 Å². The van der Waals surface area contributed by atoms with Crippen LogP contribution in [-0.4, -0.2) is 34.0 Å². The number of ether oxygens (including phenoxy) is 2. The quantitative estimate of drug-likeness (QED) is 0.438. The SMILES string of the molecule is CCCC(=O)N1c2ccc(Cl)cc2-c2nnc(SC)nc2OC1c1ccccc1OCC. The molecule has 0 N–H and O–H groups in total. The fraction of sp³-hybridized carbons (Fsp3) is 0.304. The molecule has 2 heterocycles. The normalized spacial score (nSPS) is 14.8. The summed E-state index contributed by atoms with van der Waals surface area (Å²) in [6, 6.07) is 12.9. The van der Waals surface area contributed by atoms with E-state index >= 15 is 0 Å². The highest BCUT2D eigenvalue weighted by Gasteiger charge is 2.37. The number of para-hydroxylation sites is 1. The van der Waals surface area contributed by atoms with E-state index < -0.39 is 6.23 Å². The van der Waals surface area contributed by atoms with Gasteiger partial charge in [0.15, 0.2) is 5.69 Å². The van der Waals surface area contributed by atoms with Crippen LogP contribution in [0.5, 0.6) is 11.6 Å². The molecule has 1 atom stereocenters. The average Bonchev–Trinajstić information content (AvgIpc) is 2.93. The van der Waals surface area contributed by atoms with Gasteiger partial charge in [-0.15, -0.1) is 10.2 Å². The lowest BCUT2D eigenvalue weighted by Gasteiger charge is -2.31. The number of rotatable bonds is 6. The molecule has 166 valence electrons. The number of halogens is 1. The third-order valence-electron chi connectivity index (χ3n) is 4.97. The predicted octanol–water partition coefficient (Wildman–Crippen LogP) is 5.54. The Hall–Kier alpha value is -2.84. The van der Waals surface area contributed by atoms with Crippen LogP contribution in [0.15, 0.2) is 47.6 Å². The molecule has 1 amide bonds. The maximum Gasteiger partial charge on any atom is 0.247 e. The summed E-state index contributed by atoms with van der Waals surface area (Å²) < 4.78 is 12.3. The van der Waals surface area contributed by atoms with E-state index in [4.69, 9.17) is 21.1 Å². The van der Waals surface area contributed by atoms with Gasteiger partial charge < -0.3 is 9.47 Å². The van der Waals surface area contributed by atoms with Crippen molar-refractivity contribution >= 4 is 35.0 Å². The topological polar surface area (TPSA) is 77.4 Å². The molecule has 9 heteroatoms. The fourth-order valence-electron chi connectivity index (χ4n) is 3.60. The van der Waals surface area contributed by atoms with E-state index in [0.717, 1.165) is 5.56 Å². The Bertz CT molecular complexity index is 1140. The molecule has 32 heavy (non-hydrogen) atoms. The van der Waals surface area contributed by atoms with Crippen LogP contribution < -0.4 is 14.4 Å². The molecule has 1 aliphatic rings. The van der Waals surface area contributed by atoms with E-state index in [1.807, 2.05) is 50.4 Å². The summed E-state index contributed by atoms with van der Waals surface area (Å²) in [6.45, 7) is 4.37. The van der Waals surface area contributed by atoms with Crippen LogP contribution in [0.2, 0.25) is 5.02 Å². The van der Waals surface area contributed by atoms with Gasteiger partial charge in [-0.3, -0.25) is 9.69 Å². The number of aromatic nitrogens is 3. The Morgan fingerprint density at radius 2 is 2.03 bits per heavy atom. The van der Waals surface area contributed by atoms with Crippen molar-refractivity contribution in [2.24, 2.45) is 0 Å². The maximum atomic E-state index is 13.4. The van der Waals surface area contributed by atoms with Gasteiger partial charge in [-0.2, -0.15) is 4.98 Å². The summed E-state index contributed by atoms with van der Waals surface area (Å²) in [7, 11) is 0. The molecular weight excluding hydrogens is 448 g/mol. The van der Waals surface area contributed by atoms with E-state index in [2.05, 4.69) is 15.2 Å². The summed E-state index contributed by atoms with van der Waals surface area (Å²) in [5.41, 5.74) is 2.43. The second-order valence-corrected chi connectivity index (χ2v) is 8.28. The van der Waals surface area contributed by atoms with Gasteiger partial charge in [0.1, 0.15) is 5.75 Å². The zero-order chi connectivity index (χ0) is 22.7. The zero-order valence-electron chi connectivity index (χ0n) is 18.0. The molecule has 3 aromatic rings. The third-order valence-corrected chi connectivity index (χ3v) is 5.74. The van der Waals surface area contributed by atoms with E-state index in [9.17, 15) is 4.79 Å². The first-order valence-electron chi connectivity index (χ1n) is 10.4. The van der Waals surface area contributed by atoms with Crippen molar-refractivity contribution < 1.29 is 14.3 Å². The van der Waals surface area contributed by atoms with Crippen LogP contribution in [-0.2, 0) is 4.79 Å². The molecule has 0 fully saturated rings. The molecule has 1 aliphatic heterocycles. The number of anilines is 1. The number of benzene rings is 2. The van der Waals surface area contributed by atoms with E-state index in [-0.39, 0.29) is 11.8 Å².